The third kappa shape index (κ3) is 5.63. The van der Waals surface area contributed by atoms with Crippen LogP contribution in [0.2, 0.25) is 0 Å². The van der Waals surface area contributed by atoms with Gasteiger partial charge in [-0.15, -0.1) is 0 Å². The van der Waals surface area contributed by atoms with E-state index in [2.05, 4.69) is 29.7 Å². The van der Waals surface area contributed by atoms with Crippen LogP contribution >= 0.6 is 0 Å². The lowest BCUT2D eigenvalue weighted by molar-refractivity contribution is -0.117. The Morgan fingerprint density at radius 1 is 0.912 bits per heavy atom. The summed E-state index contributed by atoms with van der Waals surface area (Å²) >= 11 is 0. The molecule has 0 N–H and O–H groups in total. The summed E-state index contributed by atoms with van der Waals surface area (Å²) in [7, 11) is 1.65. The molecule has 1 aromatic heterocycles. The first-order valence-electron chi connectivity index (χ1n) is 13.1. The standard InChI is InChI=1S/C29H39N3O2/c1-3-4-5-6-7-8-9-10-15-20-31-25-17-12-11-16-24(25)30-29(31)23-21-28(33)32(22-23)26-18-13-14-19-27(26)34-2/h11-14,16-19,23H,3-10,15,20-22H2,1-2H3. The minimum Gasteiger partial charge on any atom is -0.495 e. The number of imidazole rings is 1. The summed E-state index contributed by atoms with van der Waals surface area (Å²) in [6.45, 7) is 3.87. The maximum Gasteiger partial charge on any atom is 0.227 e. The molecule has 2 heterocycles. The number of unbranched alkanes of at least 4 members (excludes halogenated alkanes) is 8. The average Bonchev–Trinajstić information content (AvgIpc) is 3.43. The molecule has 34 heavy (non-hydrogen) atoms. The molecule has 0 radical (unpaired) electrons. The fourth-order valence-corrected chi connectivity index (χ4v) is 5.19. The largest absolute Gasteiger partial charge is 0.495 e. The second kappa shape index (κ2) is 12.0. The Hall–Kier alpha value is -2.82. The molecule has 1 aliphatic rings. The number of anilines is 1. The number of hydrogen-bond acceptors (Lipinski definition) is 3. The molecule has 0 saturated carbocycles. The number of ether oxygens (including phenoxy) is 1. The summed E-state index contributed by atoms with van der Waals surface area (Å²) < 4.78 is 7.89. The van der Waals surface area contributed by atoms with Crippen LogP contribution in [0.3, 0.4) is 0 Å². The van der Waals surface area contributed by atoms with Crippen LogP contribution in [0.25, 0.3) is 11.0 Å². The van der Waals surface area contributed by atoms with Crippen LogP contribution < -0.4 is 9.64 Å². The van der Waals surface area contributed by atoms with Crippen molar-refractivity contribution in [2.24, 2.45) is 0 Å². The van der Waals surface area contributed by atoms with E-state index in [9.17, 15) is 4.79 Å². The molecule has 182 valence electrons. The van der Waals surface area contributed by atoms with E-state index in [0.29, 0.717) is 13.0 Å². The number of para-hydroxylation sites is 4. The molecule has 5 heteroatoms. The van der Waals surface area contributed by atoms with Crippen molar-refractivity contribution in [2.45, 2.75) is 83.6 Å². The summed E-state index contributed by atoms with van der Waals surface area (Å²) in [5.41, 5.74) is 3.05. The first-order chi connectivity index (χ1) is 16.7. The number of aromatic nitrogens is 2. The Morgan fingerprint density at radius 3 is 2.35 bits per heavy atom. The summed E-state index contributed by atoms with van der Waals surface area (Å²) in [5.74, 6) is 2.01. The zero-order valence-corrected chi connectivity index (χ0v) is 20.8. The Labute approximate surface area is 204 Å². The summed E-state index contributed by atoms with van der Waals surface area (Å²) in [5, 5.41) is 0. The quantitative estimate of drug-likeness (QED) is 0.255. The summed E-state index contributed by atoms with van der Waals surface area (Å²) in [6.07, 6.45) is 12.3. The SMILES string of the molecule is CCCCCCCCCCCn1c(C2CC(=O)N(c3ccccc3OC)C2)nc2ccccc21. The van der Waals surface area contributed by atoms with E-state index >= 15 is 0 Å². The maximum absolute atomic E-state index is 13.0. The number of carbonyl (C=O) groups is 1. The fourth-order valence-electron chi connectivity index (χ4n) is 5.19. The molecule has 3 aromatic rings. The van der Waals surface area contributed by atoms with Gasteiger partial charge in [-0.05, 0) is 30.7 Å². The van der Waals surface area contributed by atoms with Crippen molar-refractivity contribution >= 4 is 22.6 Å². The van der Waals surface area contributed by atoms with Crippen LogP contribution in [-0.2, 0) is 11.3 Å². The number of carbonyl (C=O) groups excluding carboxylic acids is 1. The first kappa shape index (κ1) is 24.3. The normalized spacial score (nSPS) is 16.0. The Morgan fingerprint density at radius 2 is 1.59 bits per heavy atom. The van der Waals surface area contributed by atoms with Crippen molar-refractivity contribution in [3.8, 4) is 5.75 Å². The summed E-state index contributed by atoms with van der Waals surface area (Å²) in [6, 6.07) is 16.1. The highest BCUT2D eigenvalue weighted by atomic mass is 16.5. The summed E-state index contributed by atoms with van der Waals surface area (Å²) in [4.78, 5) is 19.9. The molecule has 1 fully saturated rings. The van der Waals surface area contributed by atoms with Crippen molar-refractivity contribution in [2.75, 3.05) is 18.6 Å². The van der Waals surface area contributed by atoms with E-state index in [1.165, 1.54) is 56.9 Å². The average molecular weight is 462 g/mol. The lowest BCUT2D eigenvalue weighted by atomic mass is 10.1. The third-order valence-corrected chi connectivity index (χ3v) is 7.04. The van der Waals surface area contributed by atoms with E-state index < -0.39 is 0 Å². The Balaban J connectivity index is 1.43. The van der Waals surface area contributed by atoms with Crippen molar-refractivity contribution in [1.29, 1.82) is 0 Å². The maximum atomic E-state index is 13.0. The number of hydrogen-bond donors (Lipinski definition) is 0. The molecule has 1 unspecified atom stereocenters. The molecule has 1 atom stereocenters. The van der Waals surface area contributed by atoms with Gasteiger partial charge in [-0.25, -0.2) is 4.98 Å². The van der Waals surface area contributed by atoms with Gasteiger partial charge in [0.25, 0.3) is 0 Å². The van der Waals surface area contributed by atoms with Gasteiger partial charge in [-0.2, -0.15) is 0 Å². The van der Waals surface area contributed by atoms with Crippen molar-refractivity contribution in [1.82, 2.24) is 9.55 Å². The zero-order chi connectivity index (χ0) is 23.8. The highest BCUT2D eigenvalue weighted by Crippen LogP contribution is 2.37. The second-order valence-electron chi connectivity index (χ2n) is 9.52. The lowest BCUT2D eigenvalue weighted by Gasteiger charge is -2.19. The number of rotatable bonds is 13. The zero-order valence-electron chi connectivity index (χ0n) is 20.8. The Kier molecular flexibility index (Phi) is 8.62. The van der Waals surface area contributed by atoms with E-state index in [1.807, 2.05) is 35.2 Å². The molecular formula is C29H39N3O2. The highest BCUT2D eigenvalue weighted by Gasteiger charge is 2.35. The lowest BCUT2D eigenvalue weighted by Crippen LogP contribution is -2.25. The smallest absolute Gasteiger partial charge is 0.227 e. The van der Waals surface area contributed by atoms with Crippen LogP contribution in [0.1, 0.15) is 82.9 Å². The molecule has 1 saturated heterocycles. The van der Waals surface area contributed by atoms with E-state index in [4.69, 9.17) is 9.72 Å². The molecule has 0 spiro atoms. The molecule has 0 bridgehead atoms. The van der Waals surface area contributed by atoms with E-state index in [-0.39, 0.29) is 11.8 Å². The van der Waals surface area contributed by atoms with Gasteiger partial charge in [0.15, 0.2) is 0 Å². The van der Waals surface area contributed by atoms with Crippen molar-refractivity contribution < 1.29 is 9.53 Å². The highest BCUT2D eigenvalue weighted by molar-refractivity contribution is 5.97. The van der Waals surface area contributed by atoms with Gasteiger partial charge >= 0.3 is 0 Å². The van der Waals surface area contributed by atoms with Crippen LogP contribution in [0.15, 0.2) is 48.5 Å². The first-order valence-corrected chi connectivity index (χ1v) is 13.1. The number of fused-ring (bicyclic) bond motifs is 1. The molecule has 1 aliphatic heterocycles. The predicted octanol–water partition coefficient (Wildman–Crippen LogP) is 7.10. The van der Waals surface area contributed by atoms with Crippen LogP contribution in [0.5, 0.6) is 5.75 Å². The van der Waals surface area contributed by atoms with Gasteiger partial charge in [0.05, 0.1) is 23.8 Å². The van der Waals surface area contributed by atoms with E-state index in [0.717, 1.165) is 35.7 Å². The number of methoxy groups -OCH3 is 1. The van der Waals surface area contributed by atoms with Gasteiger partial charge in [-0.3, -0.25) is 4.79 Å². The number of amides is 1. The molecule has 5 nitrogen and oxygen atoms in total. The van der Waals surface area contributed by atoms with Gasteiger partial charge in [0, 0.05) is 25.4 Å². The number of nitrogens with zero attached hydrogens (tertiary/aromatic N) is 3. The molecule has 4 rings (SSSR count). The van der Waals surface area contributed by atoms with Gasteiger partial charge in [-0.1, -0.05) is 82.6 Å². The second-order valence-corrected chi connectivity index (χ2v) is 9.52. The van der Waals surface area contributed by atoms with Crippen molar-refractivity contribution in [3.05, 3.63) is 54.4 Å². The third-order valence-electron chi connectivity index (χ3n) is 7.04. The minimum atomic E-state index is 0.0865. The Bertz CT molecular complexity index is 1070. The molecule has 2 aromatic carbocycles. The molecular weight excluding hydrogens is 422 g/mol. The van der Waals surface area contributed by atoms with E-state index in [1.54, 1.807) is 7.11 Å². The van der Waals surface area contributed by atoms with Gasteiger partial charge in [0.1, 0.15) is 11.6 Å². The van der Waals surface area contributed by atoms with Crippen LogP contribution in [-0.4, -0.2) is 29.1 Å². The minimum absolute atomic E-state index is 0.0865. The number of benzene rings is 2. The molecule has 0 aliphatic carbocycles. The van der Waals surface area contributed by atoms with Crippen LogP contribution in [0, 0.1) is 0 Å². The predicted molar refractivity (Wildman–Crippen MR) is 140 cm³/mol. The number of aryl methyl sites for hydroxylation is 1. The topological polar surface area (TPSA) is 47.4 Å². The molecule has 1 amide bonds. The van der Waals surface area contributed by atoms with Gasteiger partial charge < -0.3 is 14.2 Å². The monoisotopic (exact) mass is 461 g/mol. The van der Waals surface area contributed by atoms with Crippen LogP contribution in [0.4, 0.5) is 5.69 Å². The fraction of sp³-hybridized carbons (Fsp3) is 0.517. The van der Waals surface area contributed by atoms with Crippen molar-refractivity contribution in [3.63, 3.8) is 0 Å². The van der Waals surface area contributed by atoms with Gasteiger partial charge in [0.2, 0.25) is 5.91 Å².